The Morgan fingerprint density at radius 1 is 1.18 bits per heavy atom. The second kappa shape index (κ2) is 3.35. The Morgan fingerprint density at radius 3 is 2.59 bits per heavy atom. The van der Waals surface area contributed by atoms with Gasteiger partial charge in [-0.15, -0.1) is 0 Å². The maximum atomic E-state index is 11.8. The Hall–Kier alpha value is -2.30. The molecule has 5 heteroatoms. The predicted molar refractivity (Wildman–Crippen MR) is 59.2 cm³/mol. The molecule has 17 heavy (non-hydrogen) atoms. The number of furan rings is 1. The Labute approximate surface area is 97.2 Å². The van der Waals surface area contributed by atoms with Crippen molar-refractivity contribution in [3.8, 4) is 0 Å². The first-order valence-corrected chi connectivity index (χ1v) is 5.36. The molecule has 0 saturated carbocycles. The van der Waals surface area contributed by atoms with Crippen molar-refractivity contribution >= 4 is 17.5 Å². The Balaban J connectivity index is 2.21. The summed E-state index contributed by atoms with van der Waals surface area (Å²) in [7, 11) is 0. The van der Waals surface area contributed by atoms with Gasteiger partial charge in [-0.2, -0.15) is 0 Å². The van der Waals surface area contributed by atoms with Gasteiger partial charge in [0.15, 0.2) is 5.76 Å². The van der Waals surface area contributed by atoms with Crippen molar-refractivity contribution in [3.63, 3.8) is 0 Å². The van der Waals surface area contributed by atoms with E-state index in [1.165, 1.54) is 6.26 Å². The molecule has 2 aliphatic heterocycles. The van der Waals surface area contributed by atoms with E-state index in [-0.39, 0.29) is 11.8 Å². The van der Waals surface area contributed by atoms with Gasteiger partial charge in [-0.05, 0) is 18.6 Å². The number of nitrogens with one attached hydrogen (secondary N) is 2. The van der Waals surface area contributed by atoms with Crippen LogP contribution in [-0.4, -0.2) is 11.8 Å². The van der Waals surface area contributed by atoms with Crippen LogP contribution in [-0.2, 0) is 9.59 Å². The molecule has 0 spiro atoms. The van der Waals surface area contributed by atoms with E-state index in [1.807, 2.05) is 6.92 Å². The largest absolute Gasteiger partial charge is 0.463 e. The second-order valence-corrected chi connectivity index (χ2v) is 3.84. The van der Waals surface area contributed by atoms with Gasteiger partial charge in [-0.25, -0.2) is 0 Å². The summed E-state index contributed by atoms with van der Waals surface area (Å²) in [5.41, 5.74) is 1.96. The molecule has 1 aromatic heterocycles. The predicted octanol–water partition coefficient (Wildman–Crippen LogP) is 0.914. The third-order valence-electron chi connectivity index (χ3n) is 2.88. The van der Waals surface area contributed by atoms with Gasteiger partial charge in [0.2, 0.25) is 0 Å². The fourth-order valence-corrected chi connectivity index (χ4v) is 2.12. The van der Waals surface area contributed by atoms with Gasteiger partial charge in [0.05, 0.1) is 23.1 Å². The zero-order valence-electron chi connectivity index (χ0n) is 9.16. The fraction of sp³-hybridized carbons (Fsp3) is 0.167. The van der Waals surface area contributed by atoms with Crippen LogP contribution in [0.15, 0.2) is 39.7 Å². The Morgan fingerprint density at radius 2 is 1.94 bits per heavy atom. The lowest BCUT2D eigenvalue weighted by Crippen LogP contribution is -2.21. The van der Waals surface area contributed by atoms with Crippen LogP contribution in [0.5, 0.6) is 0 Å². The molecule has 1 aromatic rings. The highest BCUT2D eigenvalue weighted by Gasteiger charge is 2.40. The van der Waals surface area contributed by atoms with Crippen molar-refractivity contribution in [2.24, 2.45) is 0 Å². The lowest BCUT2D eigenvalue weighted by atomic mass is 10.1. The minimum Gasteiger partial charge on any atom is -0.463 e. The molecule has 86 valence electrons. The maximum Gasteiger partial charge on any atom is 0.258 e. The lowest BCUT2D eigenvalue weighted by Gasteiger charge is -2.02. The van der Waals surface area contributed by atoms with E-state index in [0.29, 0.717) is 34.7 Å². The number of fused-ring (bicyclic) bond motifs is 1. The van der Waals surface area contributed by atoms with Crippen molar-refractivity contribution in [2.75, 3.05) is 0 Å². The smallest absolute Gasteiger partial charge is 0.258 e. The molecule has 2 aliphatic rings. The third kappa shape index (κ3) is 1.25. The highest BCUT2D eigenvalue weighted by atomic mass is 16.3. The third-order valence-corrected chi connectivity index (χ3v) is 2.88. The van der Waals surface area contributed by atoms with Crippen molar-refractivity contribution in [3.05, 3.63) is 41.0 Å². The number of carbonyl (C=O) groups is 2. The van der Waals surface area contributed by atoms with E-state index in [9.17, 15) is 9.59 Å². The van der Waals surface area contributed by atoms with Crippen molar-refractivity contribution in [1.82, 2.24) is 10.6 Å². The molecule has 2 N–H and O–H groups in total. The van der Waals surface area contributed by atoms with Crippen molar-refractivity contribution in [1.29, 1.82) is 0 Å². The van der Waals surface area contributed by atoms with Gasteiger partial charge in [-0.1, -0.05) is 6.92 Å². The standard InChI is InChI=1S/C12H10N2O3/c1-2-6-8-9(12(16)13-6)10(14-11(8)15)7-4-3-5-17-7/h3-5H,2H2,1H3,(H,13,16)(H,14,15). The summed E-state index contributed by atoms with van der Waals surface area (Å²) in [6.45, 7) is 1.89. The van der Waals surface area contributed by atoms with Crippen LogP contribution in [0.1, 0.15) is 19.1 Å². The zero-order valence-corrected chi connectivity index (χ0v) is 9.16. The average molecular weight is 230 g/mol. The summed E-state index contributed by atoms with van der Waals surface area (Å²) in [5, 5.41) is 5.39. The summed E-state index contributed by atoms with van der Waals surface area (Å²) in [5.74, 6) is -0.000877. The minimum absolute atomic E-state index is 0.249. The van der Waals surface area contributed by atoms with Crippen LogP contribution in [0.25, 0.3) is 5.70 Å². The number of hydrogen-bond acceptors (Lipinski definition) is 3. The molecule has 0 bridgehead atoms. The van der Waals surface area contributed by atoms with Gasteiger partial charge in [-0.3, -0.25) is 9.59 Å². The van der Waals surface area contributed by atoms with Gasteiger partial charge in [0.25, 0.3) is 11.8 Å². The van der Waals surface area contributed by atoms with Crippen LogP contribution in [0, 0.1) is 0 Å². The van der Waals surface area contributed by atoms with E-state index in [2.05, 4.69) is 10.6 Å². The molecule has 0 aliphatic carbocycles. The molecule has 5 nitrogen and oxygen atoms in total. The second-order valence-electron chi connectivity index (χ2n) is 3.84. The van der Waals surface area contributed by atoms with Gasteiger partial charge >= 0.3 is 0 Å². The SMILES string of the molecule is CCC1=C2C(=O)NC(c3ccco3)=C2C(=O)N1. The molecule has 0 fully saturated rings. The molecule has 3 heterocycles. The summed E-state index contributed by atoms with van der Waals surface area (Å²) in [6, 6.07) is 3.42. The van der Waals surface area contributed by atoms with Crippen molar-refractivity contribution in [2.45, 2.75) is 13.3 Å². The number of allylic oxidation sites excluding steroid dienone is 1. The number of rotatable bonds is 2. The molecule has 2 amide bonds. The fourth-order valence-electron chi connectivity index (χ4n) is 2.12. The molecule has 0 saturated heterocycles. The highest BCUT2D eigenvalue weighted by molar-refractivity contribution is 6.25. The van der Waals surface area contributed by atoms with Crippen LogP contribution in [0.3, 0.4) is 0 Å². The van der Waals surface area contributed by atoms with E-state index in [0.717, 1.165) is 0 Å². The quantitative estimate of drug-likeness (QED) is 0.793. The van der Waals surface area contributed by atoms with Gasteiger partial charge in [0, 0.05) is 5.70 Å². The summed E-state index contributed by atoms with van der Waals surface area (Å²) in [6.07, 6.45) is 2.12. The number of hydrogen-bond donors (Lipinski definition) is 2. The van der Waals surface area contributed by atoms with Crippen molar-refractivity contribution < 1.29 is 14.0 Å². The Kier molecular flexibility index (Phi) is 1.95. The van der Waals surface area contributed by atoms with E-state index < -0.39 is 0 Å². The van der Waals surface area contributed by atoms with Gasteiger partial charge in [0.1, 0.15) is 0 Å². The average Bonchev–Trinajstić information content (AvgIpc) is 2.97. The van der Waals surface area contributed by atoms with Crippen LogP contribution < -0.4 is 10.6 Å². The summed E-state index contributed by atoms with van der Waals surface area (Å²) in [4.78, 5) is 23.7. The first-order valence-electron chi connectivity index (χ1n) is 5.36. The molecule has 0 aromatic carbocycles. The minimum atomic E-state index is -0.249. The molecular weight excluding hydrogens is 220 g/mol. The zero-order chi connectivity index (χ0) is 12.0. The lowest BCUT2D eigenvalue weighted by molar-refractivity contribution is -0.117. The molecular formula is C12H10N2O3. The van der Waals surface area contributed by atoms with E-state index in [1.54, 1.807) is 12.1 Å². The van der Waals surface area contributed by atoms with E-state index >= 15 is 0 Å². The van der Waals surface area contributed by atoms with Crippen LogP contribution >= 0.6 is 0 Å². The monoisotopic (exact) mass is 230 g/mol. The normalized spacial score (nSPS) is 18.6. The van der Waals surface area contributed by atoms with E-state index in [4.69, 9.17) is 4.42 Å². The maximum absolute atomic E-state index is 11.8. The van der Waals surface area contributed by atoms with Gasteiger partial charge < -0.3 is 15.1 Å². The Bertz CT molecular complexity index is 579. The summed E-state index contributed by atoms with van der Waals surface area (Å²) >= 11 is 0. The highest BCUT2D eigenvalue weighted by Crippen LogP contribution is 2.34. The van der Waals surface area contributed by atoms with Crippen LogP contribution in [0.2, 0.25) is 0 Å². The number of carbonyl (C=O) groups excluding carboxylic acids is 2. The first-order chi connectivity index (χ1) is 8.22. The molecule has 0 radical (unpaired) electrons. The number of amides is 2. The topological polar surface area (TPSA) is 71.3 Å². The van der Waals surface area contributed by atoms with Crippen LogP contribution in [0.4, 0.5) is 0 Å². The molecule has 0 atom stereocenters. The summed E-state index contributed by atoms with van der Waals surface area (Å²) < 4.78 is 5.22. The molecule has 3 rings (SSSR count). The molecule has 0 unspecified atom stereocenters. The first kappa shape index (κ1) is 9.89.